The predicted octanol–water partition coefficient (Wildman–Crippen LogP) is 0.162. The molecule has 21 heavy (non-hydrogen) atoms. The van der Waals surface area contributed by atoms with Gasteiger partial charge in [-0.1, -0.05) is 6.92 Å². The van der Waals surface area contributed by atoms with Crippen LogP contribution in [0.4, 0.5) is 0 Å². The van der Waals surface area contributed by atoms with E-state index in [9.17, 15) is 18.0 Å². The van der Waals surface area contributed by atoms with Crippen molar-refractivity contribution in [2.75, 3.05) is 12.9 Å². The monoisotopic (exact) mass is 320 g/mol. The molecule has 1 rings (SSSR count). The summed E-state index contributed by atoms with van der Waals surface area (Å²) in [6, 6.07) is -0.967. The summed E-state index contributed by atoms with van der Waals surface area (Å²) in [7, 11) is -2.49. The topological polar surface area (TPSA) is 102 Å². The van der Waals surface area contributed by atoms with Gasteiger partial charge in [-0.15, -0.1) is 0 Å². The van der Waals surface area contributed by atoms with Crippen LogP contribution < -0.4 is 10.0 Å². The molecule has 0 aromatic rings. The highest BCUT2D eigenvalue weighted by Crippen LogP contribution is 2.23. The fourth-order valence-corrected chi connectivity index (χ4v) is 3.62. The maximum Gasteiger partial charge on any atom is 0.328 e. The van der Waals surface area contributed by atoms with Crippen LogP contribution in [0.1, 0.15) is 39.5 Å². The standard InChI is InChI=1S/C13H24N2O5S/c1-9-4-6-11(7-5-9)15-21(18,19)8-12(16)14-10(2)13(17)20-3/h9-11,15H,4-8H2,1-3H3,(H,14,16)/t9?,10-,11?/m0/s1. The van der Waals surface area contributed by atoms with Crippen LogP contribution in [0.3, 0.4) is 0 Å². The Hall–Kier alpha value is -1.15. The lowest BCUT2D eigenvalue weighted by atomic mass is 9.88. The van der Waals surface area contributed by atoms with Crippen molar-refractivity contribution in [3.8, 4) is 0 Å². The average molecular weight is 320 g/mol. The number of esters is 1. The Morgan fingerprint density at radius 3 is 2.33 bits per heavy atom. The molecule has 0 radical (unpaired) electrons. The second-order valence-electron chi connectivity index (χ2n) is 5.65. The molecule has 122 valence electrons. The van der Waals surface area contributed by atoms with E-state index in [4.69, 9.17) is 0 Å². The first-order valence-corrected chi connectivity index (χ1v) is 8.76. The normalized spacial score (nSPS) is 24.1. The average Bonchev–Trinajstić information content (AvgIpc) is 2.39. The lowest BCUT2D eigenvalue weighted by Crippen LogP contribution is -2.46. The molecule has 1 saturated carbocycles. The van der Waals surface area contributed by atoms with Crippen molar-refractivity contribution >= 4 is 21.9 Å². The summed E-state index contributed by atoms with van der Waals surface area (Å²) in [6.45, 7) is 3.58. The van der Waals surface area contributed by atoms with Gasteiger partial charge >= 0.3 is 5.97 Å². The molecule has 1 atom stereocenters. The van der Waals surface area contributed by atoms with E-state index in [0.717, 1.165) is 25.7 Å². The second-order valence-corrected chi connectivity index (χ2v) is 7.40. The maximum atomic E-state index is 11.9. The van der Waals surface area contributed by atoms with E-state index in [1.807, 2.05) is 0 Å². The molecule has 0 saturated heterocycles. The third kappa shape index (κ3) is 6.43. The van der Waals surface area contributed by atoms with Crippen LogP contribution in [-0.4, -0.2) is 45.2 Å². The molecule has 0 bridgehead atoms. The summed E-state index contributed by atoms with van der Waals surface area (Å²) in [5.74, 6) is -1.39. The number of methoxy groups -OCH3 is 1. The van der Waals surface area contributed by atoms with Crippen LogP contribution in [0, 0.1) is 5.92 Å². The molecule has 8 heteroatoms. The molecule has 0 spiro atoms. The predicted molar refractivity (Wildman–Crippen MR) is 78.0 cm³/mol. The third-order valence-electron chi connectivity index (χ3n) is 3.62. The molecule has 0 aliphatic heterocycles. The van der Waals surface area contributed by atoms with Crippen molar-refractivity contribution in [2.45, 2.75) is 51.6 Å². The van der Waals surface area contributed by atoms with E-state index in [1.54, 1.807) is 0 Å². The molecule has 1 aliphatic carbocycles. The van der Waals surface area contributed by atoms with Gasteiger partial charge in [0, 0.05) is 6.04 Å². The van der Waals surface area contributed by atoms with Crippen LogP contribution in [0.25, 0.3) is 0 Å². The van der Waals surface area contributed by atoms with E-state index in [-0.39, 0.29) is 6.04 Å². The summed E-state index contributed by atoms with van der Waals surface area (Å²) in [5.41, 5.74) is 0. The number of sulfonamides is 1. The van der Waals surface area contributed by atoms with Gasteiger partial charge in [0.2, 0.25) is 15.9 Å². The quantitative estimate of drug-likeness (QED) is 0.679. The molecule has 0 unspecified atom stereocenters. The molecule has 0 aromatic heterocycles. The number of hydrogen-bond donors (Lipinski definition) is 2. The molecule has 7 nitrogen and oxygen atoms in total. The molecular formula is C13H24N2O5S. The van der Waals surface area contributed by atoms with Gasteiger partial charge in [-0.2, -0.15) is 0 Å². The number of hydrogen-bond acceptors (Lipinski definition) is 5. The Labute approximate surface area is 125 Å². The van der Waals surface area contributed by atoms with Crippen molar-refractivity contribution < 1.29 is 22.7 Å². The van der Waals surface area contributed by atoms with E-state index >= 15 is 0 Å². The van der Waals surface area contributed by atoms with Crippen molar-refractivity contribution in [2.24, 2.45) is 5.92 Å². The van der Waals surface area contributed by atoms with Crippen molar-refractivity contribution in [3.05, 3.63) is 0 Å². The Morgan fingerprint density at radius 2 is 1.81 bits per heavy atom. The Morgan fingerprint density at radius 1 is 1.24 bits per heavy atom. The summed E-state index contributed by atoms with van der Waals surface area (Å²) < 4.78 is 30.9. The zero-order valence-corrected chi connectivity index (χ0v) is 13.5. The maximum absolute atomic E-state index is 11.9. The fourth-order valence-electron chi connectivity index (χ4n) is 2.36. The molecule has 0 heterocycles. The van der Waals surface area contributed by atoms with Gasteiger partial charge in [-0.05, 0) is 38.5 Å². The molecular weight excluding hydrogens is 296 g/mol. The number of carbonyl (C=O) groups is 2. The SMILES string of the molecule is COC(=O)[C@H](C)NC(=O)CS(=O)(=O)NC1CCC(C)CC1. The van der Waals surface area contributed by atoms with Crippen molar-refractivity contribution in [3.63, 3.8) is 0 Å². The van der Waals surface area contributed by atoms with E-state index in [2.05, 4.69) is 21.7 Å². The first-order valence-electron chi connectivity index (χ1n) is 7.10. The smallest absolute Gasteiger partial charge is 0.328 e. The first-order chi connectivity index (χ1) is 9.73. The van der Waals surface area contributed by atoms with E-state index in [1.165, 1.54) is 14.0 Å². The largest absolute Gasteiger partial charge is 0.467 e. The van der Waals surface area contributed by atoms with Crippen molar-refractivity contribution in [1.82, 2.24) is 10.0 Å². The minimum Gasteiger partial charge on any atom is -0.467 e. The number of ether oxygens (including phenoxy) is 1. The van der Waals surface area contributed by atoms with Crippen LogP contribution in [0.5, 0.6) is 0 Å². The zero-order valence-electron chi connectivity index (χ0n) is 12.7. The number of carbonyl (C=O) groups excluding carboxylic acids is 2. The second kappa shape index (κ2) is 7.74. The summed E-state index contributed by atoms with van der Waals surface area (Å²) in [5, 5.41) is 2.30. The molecule has 2 N–H and O–H groups in total. The fraction of sp³-hybridized carbons (Fsp3) is 0.846. The van der Waals surface area contributed by atoms with Gasteiger partial charge in [0.15, 0.2) is 0 Å². The minimum atomic E-state index is -3.69. The van der Waals surface area contributed by atoms with Gasteiger partial charge < -0.3 is 10.1 Å². The van der Waals surface area contributed by atoms with Crippen LogP contribution >= 0.6 is 0 Å². The first kappa shape index (κ1) is 17.9. The van der Waals surface area contributed by atoms with Crippen LogP contribution in [-0.2, 0) is 24.3 Å². The van der Waals surface area contributed by atoms with Crippen LogP contribution in [0.2, 0.25) is 0 Å². The summed E-state index contributed by atoms with van der Waals surface area (Å²) in [4.78, 5) is 22.8. The lowest BCUT2D eigenvalue weighted by Gasteiger charge is -2.26. The van der Waals surface area contributed by atoms with Crippen molar-refractivity contribution in [1.29, 1.82) is 0 Å². The lowest BCUT2D eigenvalue weighted by molar-refractivity contribution is -0.144. The van der Waals surface area contributed by atoms with Gasteiger partial charge in [0.05, 0.1) is 7.11 Å². The highest BCUT2D eigenvalue weighted by Gasteiger charge is 2.26. The van der Waals surface area contributed by atoms with E-state index < -0.39 is 33.7 Å². The Bertz CT molecular complexity index is 469. The Balaban J connectivity index is 2.44. The van der Waals surface area contributed by atoms with Crippen LogP contribution in [0.15, 0.2) is 0 Å². The minimum absolute atomic E-state index is 0.1000. The number of rotatable bonds is 6. The summed E-state index contributed by atoms with van der Waals surface area (Å²) >= 11 is 0. The highest BCUT2D eigenvalue weighted by atomic mass is 32.2. The molecule has 1 fully saturated rings. The van der Waals surface area contributed by atoms with E-state index in [0.29, 0.717) is 5.92 Å². The summed E-state index contributed by atoms with van der Waals surface area (Å²) in [6.07, 6.45) is 3.55. The van der Waals surface area contributed by atoms with Gasteiger partial charge in [-0.25, -0.2) is 17.9 Å². The van der Waals surface area contributed by atoms with Gasteiger partial charge in [0.1, 0.15) is 11.8 Å². The number of amides is 1. The highest BCUT2D eigenvalue weighted by molar-refractivity contribution is 7.90. The molecule has 0 aromatic carbocycles. The third-order valence-corrected chi connectivity index (χ3v) is 4.95. The molecule has 1 amide bonds. The zero-order chi connectivity index (χ0) is 16.0. The number of nitrogens with one attached hydrogen (secondary N) is 2. The molecule has 1 aliphatic rings. The van der Waals surface area contributed by atoms with Gasteiger partial charge in [0.25, 0.3) is 0 Å². The Kier molecular flexibility index (Phi) is 6.60. The van der Waals surface area contributed by atoms with Gasteiger partial charge in [-0.3, -0.25) is 4.79 Å².